The van der Waals surface area contributed by atoms with Crippen molar-refractivity contribution in [2.45, 2.75) is 188 Å². The summed E-state index contributed by atoms with van der Waals surface area (Å²) in [6.07, 6.45) is 16.6. The van der Waals surface area contributed by atoms with E-state index in [0.29, 0.717) is 22.8 Å². The van der Waals surface area contributed by atoms with Gasteiger partial charge < -0.3 is 43.4 Å². The zero-order valence-corrected chi connectivity index (χ0v) is 55.9. The molecule has 0 spiro atoms. The molecule has 5 unspecified atom stereocenters. The zero-order chi connectivity index (χ0) is 64.3. The predicted molar refractivity (Wildman–Crippen MR) is 352 cm³/mol. The van der Waals surface area contributed by atoms with Crippen LogP contribution in [0.5, 0.6) is 11.5 Å². The molecule has 1 aliphatic heterocycles. The summed E-state index contributed by atoms with van der Waals surface area (Å²) in [6.45, 7) is 20.9. The number of hydrogen-bond acceptors (Lipinski definition) is 13. The highest BCUT2D eigenvalue weighted by Gasteiger charge is 2.59. The van der Waals surface area contributed by atoms with Gasteiger partial charge in [0.2, 0.25) is 5.91 Å². The van der Waals surface area contributed by atoms with E-state index in [2.05, 4.69) is 94.7 Å². The van der Waals surface area contributed by atoms with E-state index in [9.17, 15) is 24.4 Å². The minimum absolute atomic E-state index is 0.0120. The van der Waals surface area contributed by atoms with Gasteiger partial charge in [-0.15, -0.1) is 0 Å². The number of allylic oxidation sites excluding steroid dienone is 1. The molecule has 0 radical (unpaired) electrons. The van der Waals surface area contributed by atoms with Gasteiger partial charge in [0.25, 0.3) is 14.1 Å². The van der Waals surface area contributed by atoms with Gasteiger partial charge in [0.05, 0.1) is 51.6 Å². The summed E-state index contributed by atoms with van der Waals surface area (Å²) in [7, 11) is 1.43. The lowest BCUT2D eigenvalue weighted by atomic mass is 9.47. The van der Waals surface area contributed by atoms with Crippen molar-refractivity contribution in [1.82, 2.24) is 24.9 Å². The van der Waals surface area contributed by atoms with E-state index in [1.165, 1.54) is 73.4 Å². The molecule has 2 heterocycles. The van der Waals surface area contributed by atoms with Crippen LogP contribution < -0.4 is 31.4 Å². The average Bonchev–Trinajstić information content (AvgIpc) is 1.34. The van der Waals surface area contributed by atoms with Gasteiger partial charge in [0.1, 0.15) is 35.5 Å². The number of amides is 2. The lowest BCUT2D eigenvalue weighted by molar-refractivity contribution is -0.116. The molecule has 4 aromatic rings. The summed E-state index contributed by atoms with van der Waals surface area (Å²) >= 11 is 0. The van der Waals surface area contributed by atoms with Crippen LogP contribution in [0.15, 0.2) is 112 Å². The first kappa shape index (κ1) is 68.3. The van der Waals surface area contributed by atoms with Crippen LogP contribution in [0.1, 0.15) is 174 Å². The van der Waals surface area contributed by atoms with Crippen molar-refractivity contribution >= 4 is 26.6 Å². The summed E-state index contributed by atoms with van der Waals surface area (Å²) in [4.78, 5) is 56.3. The number of H-pyrrole nitrogens is 1. The summed E-state index contributed by atoms with van der Waals surface area (Å²) in [5.74, 6) is 5.40. The highest BCUT2D eigenvalue weighted by molar-refractivity contribution is 7.44. The third-order valence-corrected chi connectivity index (χ3v) is 22.8. The SMILES string of the molecule is COc1ccc(C(OC[C@H]2O[C@@H](n3cc(C=CC(=O)NCCNC(=O)O[C@H]4CC[C@@]5(C)C(=CCC6C5CC[C@@]5(C)C6CC[C@@H]5[C@H](C)CCCC(C)C)C4)c(=O)[nH]c3=O)CC2OP(OCCC#N)N(C(C)C)C(C)C)(c2ccccc2)c2ccc(OC)cc2)cc1. The fourth-order valence-corrected chi connectivity index (χ4v) is 17.9. The quantitative estimate of drug-likeness (QED) is 0.0159. The molecule has 3 saturated carbocycles. The van der Waals surface area contributed by atoms with Crippen molar-refractivity contribution < 1.29 is 42.3 Å². The average molecular weight is 1260 g/mol. The second-order valence-corrected chi connectivity index (χ2v) is 28.6. The molecular weight excluding hydrogens is 1160 g/mol. The van der Waals surface area contributed by atoms with E-state index in [1.54, 1.807) is 14.2 Å². The van der Waals surface area contributed by atoms with Crippen molar-refractivity contribution in [2.24, 2.45) is 46.3 Å². The van der Waals surface area contributed by atoms with Crippen molar-refractivity contribution in [2.75, 3.05) is 40.5 Å². The molecule has 2 amide bonds. The van der Waals surface area contributed by atoms with Crippen molar-refractivity contribution in [3.63, 3.8) is 0 Å². The number of nitriles is 1. The number of ether oxygens (including phenoxy) is 5. The van der Waals surface area contributed by atoms with Gasteiger partial charge >= 0.3 is 11.8 Å². The van der Waals surface area contributed by atoms with Gasteiger partial charge in [0.15, 0.2) is 0 Å². The lowest BCUT2D eigenvalue weighted by Gasteiger charge is -2.58. The third kappa shape index (κ3) is 15.3. The molecule has 0 bridgehead atoms. The second kappa shape index (κ2) is 30.5. The molecular formula is C72H99N6O11P. The molecule has 4 aliphatic carbocycles. The number of aromatic amines is 1. The van der Waals surface area contributed by atoms with E-state index in [4.69, 9.17) is 32.7 Å². The number of benzene rings is 3. The van der Waals surface area contributed by atoms with E-state index in [-0.39, 0.29) is 68.3 Å². The Bertz CT molecular complexity index is 3200. The molecule has 488 valence electrons. The van der Waals surface area contributed by atoms with E-state index < -0.39 is 55.8 Å². The summed E-state index contributed by atoms with van der Waals surface area (Å²) in [5.41, 5.74) is 1.84. The highest BCUT2D eigenvalue weighted by Crippen LogP contribution is 2.67. The number of rotatable bonds is 28. The lowest BCUT2D eigenvalue weighted by Crippen LogP contribution is -2.51. The molecule has 3 N–H and O–H groups in total. The predicted octanol–water partition coefficient (Wildman–Crippen LogP) is 13.8. The second-order valence-electron chi connectivity index (χ2n) is 27.2. The normalized spacial score (nSPS) is 26.4. The van der Waals surface area contributed by atoms with Crippen LogP contribution in [0.3, 0.4) is 0 Å². The number of alkyl carbamates (subject to hydrolysis) is 1. The topological polar surface area (TPSA) is 205 Å². The molecule has 90 heavy (non-hydrogen) atoms. The maximum absolute atomic E-state index is 13.9. The molecule has 3 aromatic carbocycles. The van der Waals surface area contributed by atoms with Gasteiger partial charge in [-0.1, -0.05) is 120 Å². The van der Waals surface area contributed by atoms with E-state index in [0.717, 1.165) is 72.0 Å². The molecule has 18 heteroatoms. The van der Waals surface area contributed by atoms with Crippen molar-refractivity contribution in [1.29, 1.82) is 5.26 Å². The summed E-state index contributed by atoms with van der Waals surface area (Å²) in [5, 5.41) is 15.1. The molecule has 1 aromatic heterocycles. The highest BCUT2D eigenvalue weighted by atomic mass is 31.2. The number of nitrogens with zero attached hydrogens (tertiary/aromatic N) is 3. The van der Waals surface area contributed by atoms with Gasteiger partial charge in [-0.25, -0.2) is 14.3 Å². The standard InChI is InChI=1S/C72H99N6O11P/c1-47(2)17-15-18-50(7)60-32-33-61-59-31-26-55-43-58(35-37-70(55,8)62(59)36-38-71(60,61)9)87-69(82)75-41-40-74-65(79)34-21-51-45-77(68(81)76-67(51)80)66-44-63(89-90(86-42-16-39-73)78(48(3)4)49(5)6)64(88-66)46-85-72(52-19-13-12-14-20-52,53-22-27-56(83-10)28-23-53)54-24-29-57(84-11)30-25-54/h12-14,19-30,34,45,47-50,58-64,66H,15-18,31-33,35-38,40-44,46H2,1-11H3,(H,74,79)(H,75,82)(H,76,80,81)/t50-,58+,59?,60-,61?,62?,63?,64-,66-,70+,71-,90?/m1/s1. The molecule has 1 saturated heterocycles. The summed E-state index contributed by atoms with van der Waals surface area (Å²) in [6, 6.07) is 27.4. The summed E-state index contributed by atoms with van der Waals surface area (Å²) < 4.78 is 48.2. The van der Waals surface area contributed by atoms with Gasteiger partial charge in [-0.3, -0.25) is 19.1 Å². The number of aromatic nitrogens is 2. The van der Waals surface area contributed by atoms with Gasteiger partial charge in [-0.05, 0) is 166 Å². The van der Waals surface area contributed by atoms with Crippen LogP contribution in [0, 0.1) is 57.7 Å². The van der Waals surface area contributed by atoms with Crippen LogP contribution in [-0.4, -0.2) is 97.1 Å². The van der Waals surface area contributed by atoms with E-state index >= 15 is 0 Å². The van der Waals surface area contributed by atoms with Crippen LogP contribution in [-0.2, 0) is 33.7 Å². The monoisotopic (exact) mass is 1250 g/mol. The number of fused-ring (bicyclic) bond motifs is 5. The molecule has 5 aliphatic rings. The molecule has 9 rings (SSSR count). The van der Waals surface area contributed by atoms with Gasteiger partial charge in [0, 0.05) is 50.3 Å². The number of hydrogen-bond donors (Lipinski definition) is 3. The minimum Gasteiger partial charge on any atom is -0.497 e. The minimum atomic E-state index is -1.80. The van der Waals surface area contributed by atoms with Crippen LogP contribution in [0.2, 0.25) is 0 Å². The maximum Gasteiger partial charge on any atom is 0.407 e. The Labute approximate surface area is 535 Å². The van der Waals surface area contributed by atoms with E-state index in [1.807, 2.05) is 78.9 Å². The molecule has 12 atom stereocenters. The first-order valence-electron chi connectivity index (χ1n) is 33.1. The van der Waals surface area contributed by atoms with Crippen molar-refractivity contribution in [3.05, 3.63) is 146 Å². The zero-order valence-electron chi connectivity index (χ0n) is 55.0. The van der Waals surface area contributed by atoms with Crippen LogP contribution in [0.4, 0.5) is 4.79 Å². The van der Waals surface area contributed by atoms with Crippen LogP contribution >= 0.6 is 8.53 Å². The Morgan fingerprint density at radius 2 is 1.52 bits per heavy atom. The Morgan fingerprint density at radius 1 is 0.856 bits per heavy atom. The number of nitrogens with one attached hydrogen (secondary N) is 3. The number of methoxy groups -OCH3 is 2. The largest absolute Gasteiger partial charge is 0.497 e. The fraction of sp³-hybridized carbons (Fsp3) is 0.597. The molecule has 17 nitrogen and oxygen atoms in total. The maximum atomic E-state index is 13.9. The Morgan fingerprint density at radius 3 is 2.17 bits per heavy atom. The van der Waals surface area contributed by atoms with Crippen molar-refractivity contribution in [3.8, 4) is 17.6 Å². The fourth-order valence-electron chi connectivity index (χ4n) is 16.2. The molecule has 4 fully saturated rings. The number of carbonyl (C=O) groups excluding carboxylic acids is 2. The van der Waals surface area contributed by atoms with Crippen LogP contribution in [0.25, 0.3) is 6.08 Å². The Balaban J connectivity index is 0.851. The smallest absolute Gasteiger partial charge is 0.407 e. The first-order valence-corrected chi connectivity index (χ1v) is 34.2. The van der Waals surface area contributed by atoms with Gasteiger partial charge in [-0.2, -0.15) is 5.26 Å². The number of carbonyl (C=O) groups is 2. The first-order chi connectivity index (χ1) is 43.2. The Hall–Kier alpha value is -6.12. The third-order valence-electron chi connectivity index (χ3n) is 20.7. The Kier molecular flexibility index (Phi) is 23.2.